The SMILES string of the molecule is Cc1cc(C)c(/C=C2/SC(=S)N(CCC(=O)O)C2=O)cc1C. The summed E-state index contributed by atoms with van der Waals surface area (Å²) in [6, 6.07) is 4.14. The standard InChI is InChI=1S/C16H17NO3S2/c1-9-6-11(3)12(7-10(9)2)8-13-15(20)17(16(21)22-13)5-4-14(18)19/h6-8H,4-5H2,1-3H3,(H,18,19)/b13-8+. The van der Waals surface area contributed by atoms with Gasteiger partial charge in [0.1, 0.15) is 4.32 Å². The number of hydrogen-bond acceptors (Lipinski definition) is 4. The summed E-state index contributed by atoms with van der Waals surface area (Å²) in [5.74, 6) is -1.16. The molecular formula is C16H17NO3S2. The van der Waals surface area contributed by atoms with Crippen LogP contribution in [0, 0.1) is 20.8 Å². The molecule has 0 radical (unpaired) electrons. The number of carbonyl (C=O) groups is 2. The van der Waals surface area contributed by atoms with Gasteiger partial charge < -0.3 is 5.11 Å². The van der Waals surface area contributed by atoms with Crippen LogP contribution in [0.25, 0.3) is 6.08 Å². The van der Waals surface area contributed by atoms with Crippen molar-refractivity contribution < 1.29 is 14.7 Å². The molecule has 2 rings (SSSR count). The fourth-order valence-electron chi connectivity index (χ4n) is 2.18. The van der Waals surface area contributed by atoms with Gasteiger partial charge >= 0.3 is 5.97 Å². The lowest BCUT2D eigenvalue weighted by Crippen LogP contribution is -2.30. The Morgan fingerprint density at radius 3 is 2.55 bits per heavy atom. The Morgan fingerprint density at radius 1 is 1.27 bits per heavy atom. The van der Waals surface area contributed by atoms with E-state index in [0.717, 1.165) is 11.1 Å². The summed E-state index contributed by atoms with van der Waals surface area (Å²) in [5.41, 5.74) is 4.46. The molecule has 1 aliphatic heterocycles. The van der Waals surface area contributed by atoms with Gasteiger partial charge in [0.15, 0.2) is 0 Å². The Morgan fingerprint density at radius 2 is 1.91 bits per heavy atom. The van der Waals surface area contributed by atoms with Gasteiger partial charge in [-0.3, -0.25) is 14.5 Å². The molecule has 4 nitrogen and oxygen atoms in total. The molecule has 0 atom stereocenters. The highest BCUT2D eigenvalue weighted by molar-refractivity contribution is 8.26. The van der Waals surface area contributed by atoms with E-state index in [-0.39, 0.29) is 18.9 Å². The van der Waals surface area contributed by atoms with Crippen molar-refractivity contribution in [1.29, 1.82) is 0 Å². The number of carboxylic acids is 1. The van der Waals surface area contributed by atoms with Gasteiger partial charge in [-0.25, -0.2) is 0 Å². The van der Waals surface area contributed by atoms with E-state index in [1.165, 1.54) is 27.8 Å². The van der Waals surface area contributed by atoms with Crippen molar-refractivity contribution in [2.45, 2.75) is 27.2 Å². The minimum absolute atomic E-state index is 0.109. The number of nitrogens with zero attached hydrogens (tertiary/aromatic N) is 1. The molecule has 0 unspecified atom stereocenters. The second-order valence-electron chi connectivity index (χ2n) is 5.27. The highest BCUT2D eigenvalue weighted by Gasteiger charge is 2.32. The zero-order chi connectivity index (χ0) is 16.4. The van der Waals surface area contributed by atoms with Crippen LogP contribution in [0.1, 0.15) is 28.7 Å². The molecule has 1 amide bonds. The summed E-state index contributed by atoms with van der Waals surface area (Å²) < 4.78 is 0.416. The smallest absolute Gasteiger partial charge is 0.305 e. The molecule has 0 bridgehead atoms. The van der Waals surface area contributed by atoms with Gasteiger partial charge in [0.05, 0.1) is 11.3 Å². The van der Waals surface area contributed by atoms with Crippen molar-refractivity contribution in [3.63, 3.8) is 0 Å². The minimum atomic E-state index is -0.942. The summed E-state index contributed by atoms with van der Waals surface area (Å²) in [6.45, 7) is 6.20. The first-order valence-corrected chi connectivity index (χ1v) is 8.07. The summed E-state index contributed by atoms with van der Waals surface area (Å²) in [5, 5.41) is 8.74. The molecule has 1 aromatic rings. The lowest BCUT2D eigenvalue weighted by Gasteiger charge is -2.12. The predicted octanol–water partition coefficient (Wildman–Crippen LogP) is 3.29. The van der Waals surface area contributed by atoms with Crippen molar-refractivity contribution in [2.24, 2.45) is 0 Å². The normalized spacial score (nSPS) is 16.7. The van der Waals surface area contributed by atoms with Gasteiger partial charge in [0, 0.05) is 6.54 Å². The van der Waals surface area contributed by atoms with Crippen LogP contribution in [0.15, 0.2) is 17.0 Å². The average molecular weight is 335 g/mol. The van der Waals surface area contributed by atoms with E-state index in [9.17, 15) is 9.59 Å². The number of aliphatic carboxylic acids is 1. The average Bonchev–Trinajstić information content (AvgIpc) is 2.68. The number of benzene rings is 1. The second-order valence-corrected chi connectivity index (χ2v) is 6.95. The van der Waals surface area contributed by atoms with Gasteiger partial charge in [-0.05, 0) is 49.1 Å². The van der Waals surface area contributed by atoms with Crippen LogP contribution in [0.4, 0.5) is 0 Å². The maximum absolute atomic E-state index is 12.4. The number of thiocarbonyl (C=S) groups is 1. The van der Waals surface area contributed by atoms with E-state index in [2.05, 4.69) is 19.1 Å². The molecule has 0 spiro atoms. The number of aryl methyl sites for hydroxylation is 3. The number of amides is 1. The number of carboxylic acid groups (broad SMARTS) is 1. The van der Waals surface area contributed by atoms with Crippen LogP contribution in [-0.2, 0) is 9.59 Å². The maximum Gasteiger partial charge on any atom is 0.305 e. The molecular weight excluding hydrogens is 318 g/mol. The fraction of sp³-hybridized carbons (Fsp3) is 0.312. The first-order chi connectivity index (χ1) is 10.3. The van der Waals surface area contributed by atoms with Crippen LogP contribution in [0.3, 0.4) is 0 Å². The molecule has 1 fully saturated rings. The summed E-state index contributed by atoms with van der Waals surface area (Å²) >= 11 is 6.40. The zero-order valence-electron chi connectivity index (χ0n) is 12.7. The van der Waals surface area contributed by atoms with Gasteiger partial charge in [-0.1, -0.05) is 36.1 Å². The largest absolute Gasteiger partial charge is 0.481 e. The molecule has 1 heterocycles. The quantitative estimate of drug-likeness (QED) is 0.676. The highest BCUT2D eigenvalue weighted by atomic mass is 32.2. The fourth-order valence-corrected chi connectivity index (χ4v) is 3.48. The molecule has 116 valence electrons. The molecule has 1 N–H and O–H groups in total. The molecule has 0 saturated carbocycles. The lowest BCUT2D eigenvalue weighted by molar-refractivity contribution is -0.137. The molecule has 0 aromatic heterocycles. The number of rotatable bonds is 4. The van der Waals surface area contributed by atoms with Crippen molar-refractivity contribution in [3.8, 4) is 0 Å². The van der Waals surface area contributed by atoms with Crippen molar-refractivity contribution in [2.75, 3.05) is 6.54 Å². The maximum atomic E-state index is 12.4. The Labute approximate surface area is 139 Å². The number of thioether (sulfide) groups is 1. The summed E-state index contributed by atoms with van der Waals surface area (Å²) in [6.07, 6.45) is 1.73. The lowest BCUT2D eigenvalue weighted by atomic mass is 10.0. The van der Waals surface area contributed by atoms with Crippen molar-refractivity contribution in [1.82, 2.24) is 4.90 Å². The zero-order valence-corrected chi connectivity index (χ0v) is 14.3. The van der Waals surface area contributed by atoms with E-state index in [0.29, 0.717) is 9.23 Å². The summed E-state index contributed by atoms with van der Waals surface area (Å²) in [4.78, 5) is 24.9. The van der Waals surface area contributed by atoms with Crippen LogP contribution >= 0.6 is 24.0 Å². The molecule has 1 aliphatic rings. The molecule has 1 saturated heterocycles. The Kier molecular flexibility index (Phi) is 5.03. The van der Waals surface area contributed by atoms with E-state index >= 15 is 0 Å². The van der Waals surface area contributed by atoms with Gasteiger partial charge in [0.2, 0.25) is 0 Å². The Hall–Kier alpha value is -1.66. The highest BCUT2D eigenvalue weighted by Crippen LogP contribution is 2.33. The van der Waals surface area contributed by atoms with Crippen LogP contribution < -0.4 is 0 Å². The van der Waals surface area contributed by atoms with Gasteiger partial charge in [-0.2, -0.15) is 0 Å². The van der Waals surface area contributed by atoms with E-state index in [4.69, 9.17) is 17.3 Å². The third-order valence-corrected chi connectivity index (χ3v) is 4.97. The second kappa shape index (κ2) is 6.62. The summed E-state index contributed by atoms with van der Waals surface area (Å²) in [7, 11) is 0. The van der Waals surface area contributed by atoms with E-state index in [1.54, 1.807) is 0 Å². The third-order valence-electron chi connectivity index (χ3n) is 3.59. The molecule has 0 aliphatic carbocycles. The van der Waals surface area contributed by atoms with Gasteiger partial charge in [0.25, 0.3) is 5.91 Å². The van der Waals surface area contributed by atoms with E-state index < -0.39 is 5.97 Å². The van der Waals surface area contributed by atoms with E-state index in [1.807, 2.05) is 19.9 Å². The molecule has 1 aromatic carbocycles. The predicted molar refractivity (Wildman–Crippen MR) is 92.8 cm³/mol. The van der Waals surface area contributed by atoms with Crippen molar-refractivity contribution in [3.05, 3.63) is 39.3 Å². The van der Waals surface area contributed by atoms with Crippen LogP contribution in [0.5, 0.6) is 0 Å². The number of hydrogen-bond donors (Lipinski definition) is 1. The van der Waals surface area contributed by atoms with Crippen LogP contribution in [-0.4, -0.2) is 32.7 Å². The first-order valence-electron chi connectivity index (χ1n) is 6.84. The monoisotopic (exact) mass is 335 g/mol. The molecule has 6 heteroatoms. The van der Waals surface area contributed by atoms with Crippen LogP contribution in [0.2, 0.25) is 0 Å². The topological polar surface area (TPSA) is 57.6 Å². The van der Waals surface area contributed by atoms with Crippen molar-refractivity contribution >= 4 is 46.3 Å². The third kappa shape index (κ3) is 3.56. The Bertz CT molecular complexity index is 695. The van der Waals surface area contributed by atoms with Gasteiger partial charge in [-0.15, -0.1) is 0 Å². The molecule has 22 heavy (non-hydrogen) atoms. The number of carbonyl (C=O) groups excluding carboxylic acids is 1. The Balaban J connectivity index is 2.27. The minimum Gasteiger partial charge on any atom is -0.481 e. The first kappa shape index (κ1) is 16.7.